The van der Waals surface area contributed by atoms with E-state index in [2.05, 4.69) is 18.8 Å². The molecule has 0 aromatic carbocycles. The van der Waals surface area contributed by atoms with Crippen LogP contribution in [0.4, 0.5) is 4.79 Å². The standard InChI is InChI=1S/C9H18N2O/c1-4-7-11(8-5-2)9(12)10-6-3/h6H,4-5,7-8H2,1-3H3. The maximum absolute atomic E-state index is 11.3. The Morgan fingerprint density at radius 2 is 1.83 bits per heavy atom. The molecule has 0 aromatic rings. The number of carbonyl (C=O) groups is 1. The van der Waals surface area contributed by atoms with Crippen LogP contribution in [0.5, 0.6) is 0 Å². The lowest BCUT2D eigenvalue weighted by molar-refractivity contribution is 0.208. The number of aliphatic imine (C=N–C) groups is 1. The third-order valence-corrected chi connectivity index (χ3v) is 1.50. The lowest BCUT2D eigenvalue weighted by Gasteiger charge is -2.17. The summed E-state index contributed by atoms with van der Waals surface area (Å²) in [4.78, 5) is 16.8. The van der Waals surface area contributed by atoms with Crippen molar-refractivity contribution in [3.63, 3.8) is 0 Å². The molecular formula is C9H18N2O. The molecule has 0 aliphatic rings. The number of amides is 2. The summed E-state index contributed by atoms with van der Waals surface area (Å²) in [5.41, 5.74) is 0. The average Bonchev–Trinajstić information content (AvgIpc) is 2.04. The van der Waals surface area contributed by atoms with Crippen LogP contribution >= 0.6 is 0 Å². The first-order chi connectivity index (χ1) is 5.76. The largest absolute Gasteiger partial charge is 0.343 e. The van der Waals surface area contributed by atoms with Crippen LogP contribution in [0.1, 0.15) is 33.6 Å². The number of hydrogen-bond acceptors (Lipinski definition) is 1. The smallest absolute Gasteiger partial charge is 0.323 e. The van der Waals surface area contributed by atoms with Crippen LogP contribution in [0, 0.1) is 0 Å². The van der Waals surface area contributed by atoms with Crippen molar-refractivity contribution in [1.29, 1.82) is 0 Å². The highest BCUT2D eigenvalue weighted by Crippen LogP contribution is 1.97. The van der Waals surface area contributed by atoms with Crippen molar-refractivity contribution in [2.45, 2.75) is 33.6 Å². The molecular weight excluding hydrogens is 152 g/mol. The summed E-state index contributed by atoms with van der Waals surface area (Å²) >= 11 is 0. The lowest BCUT2D eigenvalue weighted by atomic mass is 10.4. The highest BCUT2D eigenvalue weighted by Gasteiger charge is 2.07. The zero-order valence-corrected chi connectivity index (χ0v) is 8.21. The predicted octanol–water partition coefficient (Wildman–Crippen LogP) is 2.32. The van der Waals surface area contributed by atoms with Crippen LogP contribution < -0.4 is 0 Å². The topological polar surface area (TPSA) is 32.7 Å². The van der Waals surface area contributed by atoms with Crippen LogP contribution in [-0.4, -0.2) is 30.2 Å². The maximum Gasteiger partial charge on any atom is 0.343 e. The molecule has 2 amide bonds. The minimum Gasteiger partial charge on any atom is -0.323 e. The number of hydrogen-bond donors (Lipinski definition) is 0. The maximum atomic E-state index is 11.3. The van der Waals surface area contributed by atoms with E-state index < -0.39 is 0 Å². The van der Waals surface area contributed by atoms with E-state index in [1.165, 1.54) is 0 Å². The summed E-state index contributed by atoms with van der Waals surface area (Å²) in [6.45, 7) is 7.50. The number of rotatable bonds is 4. The Bertz CT molecular complexity index is 149. The van der Waals surface area contributed by atoms with Crippen LogP contribution in [0.25, 0.3) is 0 Å². The molecule has 3 heteroatoms. The van der Waals surface area contributed by atoms with Gasteiger partial charge in [0.05, 0.1) is 0 Å². The zero-order chi connectivity index (χ0) is 9.40. The Hall–Kier alpha value is -0.860. The van der Waals surface area contributed by atoms with Crippen LogP contribution in [0.15, 0.2) is 4.99 Å². The molecule has 0 aliphatic heterocycles. The van der Waals surface area contributed by atoms with Gasteiger partial charge in [0.2, 0.25) is 0 Å². The van der Waals surface area contributed by atoms with Crippen LogP contribution in [-0.2, 0) is 0 Å². The molecule has 0 N–H and O–H groups in total. The van der Waals surface area contributed by atoms with Crippen molar-refractivity contribution in [3.05, 3.63) is 0 Å². The van der Waals surface area contributed by atoms with E-state index in [1.807, 2.05) is 0 Å². The van der Waals surface area contributed by atoms with Gasteiger partial charge in [0.15, 0.2) is 0 Å². The third kappa shape index (κ3) is 4.11. The van der Waals surface area contributed by atoms with Gasteiger partial charge in [-0.05, 0) is 19.8 Å². The quantitative estimate of drug-likeness (QED) is 0.596. The van der Waals surface area contributed by atoms with E-state index in [1.54, 1.807) is 18.0 Å². The van der Waals surface area contributed by atoms with Crippen molar-refractivity contribution < 1.29 is 4.79 Å². The molecule has 0 fully saturated rings. The Morgan fingerprint density at radius 3 is 2.17 bits per heavy atom. The van der Waals surface area contributed by atoms with Crippen molar-refractivity contribution in [2.24, 2.45) is 4.99 Å². The highest BCUT2D eigenvalue weighted by molar-refractivity contribution is 5.82. The van der Waals surface area contributed by atoms with E-state index in [4.69, 9.17) is 0 Å². The van der Waals surface area contributed by atoms with E-state index >= 15 is 0 Å². The number of nitrogens with zero attached hydrogens (tertiary/aromatic N) is 2. The second kappa shape index (κ2) is 6.83. The normalized spacial score (nSPS) is 10.6. The SMILES string of the molecule is CC=NC(=O)N(CCC)CCC. The Kier molecular flexibility index (Phi) is 6.34. The second-order valence-electron chi connectivity index (χ2n) is 2.66. The summed E-state index contributed by atoms with van der Waals surface area (Å²) in [7, 11) is 0. The van der Waals surface area contributed by atoms with Gasteiger partial charge < -0.3 is 4.90 Å². The second-order valence-corrected chi connectivity index (χ2v) is 2.66. The molecule has 0 aliphatic carbocycles. The molecule has 0 unspecified atom stereocenters. The first-order valence-corrected chi connectivity index (χ1v) is 4.53. The molecule has 0 saturated heterocycles. The number of urea groups is 1. The molecule has 12 heavy (non-hydrogen) atoms. The molecule has 3 nitrogen and oxygen atoms in total. The van der Waals surface area contributed by atoms with Gasteiger partial charge in [0.1, 0.15) is 0 Å². The van der Waals surface area contributed by atoms with Crippen LogP contribution in [0.2, 0.25) is 0 Å². The summed E-state index contributed by atoms with van der Waals surface area (Å²) in [6.07, 6.45) is 3.52. The van der Waals surface area contributed by atoms with Gasteiger partial charge in [-0.3, -0.25) is 0 Å². The van der Waals surface area contributed by atoms with Crippen molar-refractivity contribution in [2.75, 3.05) is 13.1 Å². The van der Waals surface area contributed by atoms with Gasteiger partial charge in [-0.1, -0.05) is 13.8 Å². The summed E-state index contributed by atoms with van der Waals surface area (Å²) < 4.78 is 0. The Morgan fingerprint density at radius 1 is 1.33 bits per heavy atom. The molecule has 0 spiro atoms. The molecule has 0 heterocycles. The van der Waals surface area contributed by atoms with Gasteiger partial charge >= 0.3 is 6.03 Å². The van der Waals surface area contributed by atoms with Crippen molar-refractivity contribution >= 4 is 12.2 Å². The lowest BCUT2D eigenvalue weighted by Crippen LogP contribution is -2.29. The van der Waals surface area contributed by atoms with Gasteiger partial charge in [0.25, 0.3) is 0 Å². The summed E-state index contributed by atoms with van der Waals surface area (Å²) in [5.74, 6) is 0. The van der Waals surface area contributed by atoms with E-state index in [9.17, 15) is 4.79 Å². The molecule has 0 radical (unpaired) electrons. The predicted molar refractivity (Wildman–Crippen MR) is 51.7 cm³/mol. The molecule has 0 saturated carbocycles. The van der Waals surface area contributed by atoms with Gasteiger partial charge in [-0.25, -0.2) is 9.79 Å². The molecule has 0 bridgehead atoms. The Labute approximate surface area is 74.5 Å². The minimum absolute atomic E-state index is 0.110. The van der Waals surface area contributed by atoms with Gasteiger partial charge in [-0.2, -0.15) is 0 Å². The van der Waals surface area contributed by atoms with Crippen molar-refractivity contribution in [1.82, 2.24) is 4.90 Å². The molecule has 0 atom stereocenters. The minimum atomic E-state index is -0.110. The van der Waals surface area contributed by atoms with E-state index in [0.717, 1.165) is 25.9 Å². The fourth-order valence-electron chi connectivity index (χ4n) is 1.04. The Balaban J connectivity index is 3.98. The van der Waals surface area contributed by atoms with Gasteiger partial charge in [0, 0.05) is 19.3 Å². The highest BCUT2D eigenvalue weighted by atomic mass is 16.2. The first kappa shape index (κ1) is 11.1. The van der Waals surface area contributed by atoms with E-state index in [-0.39, 0.29) is 6.03 Å². The monoisotopic (exact) mass is 170 g/mol. The molecule has 0 rings (SSSR count). The summed E-state index contributed by atoms with van der Waals surface area (Å²) in [5, 5.41) is 0. The fraction of sp³-hybridized carbons (Fsp3) is 0.778. The fourth-order valence-corrected chi connectivity index (χ4v) is 1.04. The van der Waals surface area contributed by atoms with Gasteiger partial charge in [-0.15, -0.1) is 0 Å². The van der Waals surface area contributed by atoms with Crippen LogP contribution in [0.3, 0.4) is 0 Å². The third-order valence-electron chi connectivity index (χ3n) is 1.50. The molecule has 70 valence electrons. The van der Waals surface area contributed by atoms with Crippen molar-refractivity contribution in [3.8, 4) is 0 Å². The van der Waals surface area contributed by atoms with E-state index in [0.29, 0.717) is 0 Å². The zero-order valence-electron chi connectivity index (χ0n) is 8.21. The summed E-state index contributed by atoms with van der Waals surface area (Å²) in [6, 6.07) is -0.110. The average molecular weight is 170 g/mol. The first-order valence-electron chi connectivity index (χ1n) is 4.53. The number of carbonyl (C=O) groups excluding carboxylic acids is 1. The molecule has 0 aromatic heterocycles.